The third-order valence-electron chi connectivity index (χ3n) is 3.18. The summed E-state index contributed by atoms with van der Waals surface area (Å²) in [6.07, 6.45) is 0. The molecule has 3 rings (SSSR count). The van der Waals surface area contributed by atoms with Crippen LogP contribution in [0.1, 0.15) is 16.6 Å². The molecule has 3 nitrogen and oxygen atoms in total. The van der Waals surface area contributed by atoms with Crippen LogP contribution in [-0.4, -0.2) is 12.5 Å². The van der Waals surface area contributed by atoms with E-state index < -0.39 is 0 Å². The molecular formula is C17H14ClNO2S. The largest absolute Gasteiger partial charge is 0.492 e. The summed E-state index contributed by atoms with van der Waals surface area (Å²) in [5.74, 6) is 0.425. The summed E-state index contributed by atoms with van der Waals surface area (Å²) in [7, 11) is 0. The highest BCUT2D eigenvalue weighted by Crippen LogP contribution is 2.36. The van der Waals surface area contributed by atoms with Gasteiger partial charge in [-0.1, -0.05) is 41.9 Å². The number of amides is 1. The SMILES string of the molecule is CCOc1ccccc1NC(=O)c1sc2ccccc2c1Cl. The van der Waals surface area contributed by atoms with Crippen molar-refractivity contribution in [1.82, 2.24) is 0 Å². The van der Waals surface area contributed by atoms with Crippen molar-refractivity contribution in [2.24, 2.45) is 0 Å². The number of para-hydroxylation sites is 2. The van der Waals surface area contributed by atoms with Gasteiger partial charge in [0.05, 0.1) is 17.3 Å². The molecule has 1 aromatic heterocycles. The van der Waals surface area contributed by atoms with Crippen molar-refractivity contribution in [2.45, 2.75) is 6.92 Å². The molecule has 0 fully saturated rings. The quantitative estimate of drug-likeness (QED) is 0.713. The van der Waals surface area contributed by atoms with Crippen LogP contribution < -0.4 is 10.1 Å². The summed E-state index contributed by atoms with van der Waals surface area (Å²) in [4.78, 5) is 13.0. The maximum Gasteiger partial charge on any atom is 0.267 e. The molecule has 0 radical (unpaired) electrons. The van der Waals surface area contributed by atoms with Gasteiger partial charge < -0.3 is 10.1 Å². The normalized spacial score (nSPS) is 10.6. The molecule has 5 heteroatoms. The molecule has 2 aromatic carbocycles. The minimum absolute atomic E-state index is 0.224. The summed E-state index contributed by atoms with van der Waals surface area (Å²) in [5, 5.41) is 4.27. The van der Waals surface area contributed by atoms with E-state index in [0.717, 1.165) is 10.1 Å². The molecule has 0 aliphatic heterocycles. The average molecular weight is 332 g/mol. The van der Waals surface area contributed by atoms with Gasteiger partial charge in [-0.25, -0.2) is 0 Å². The Bertz CT molecular complexity index is 828. The lowest BCUT2D eigenvalue weighted by Crippen LogP contribution is -2.11. The molecular weight excluding hydrogens is 318 g/mol. The summed E-state index contributed by atoms with van der Waals surface area (Å²) in [6.45, 7) is 2.44. The Kier molecular flexibility index (Phi) is 4.32. The Morgan fingerprint density at radius 1 is 1.18 bits per heavy atom. The Labute approximate surface area is 137 Å². The molecule has 0 bridgehead atoms. The number of ether oxygens (including phenoxy) is 1. The number of benzene rings is 2. The van der Waals surface area contributed by atoms with Gasteiger partial charge in [0.25, 0.3) is 5.91 Å². The Morgan fingerprint density at radius 2 is 1.91 bits per heavy atom. The second kappa shape index (κ2) is 6.38. The van der Waals surface area contributed by atoms with Crippen LogP contribution >= 0.6 is 22.9 Å². The van der Waals surface area contributed by atoms with Gasteiger partial charge in [-0.05, 0) is 25.1 Å². The Morgan fingerprint density at radius 3 is 2.68 bits per heavy atom. The second-order valence-corrected chi connectivity index (χ2v) is 6.05. The van der Waals surface area contributed by atoms with Gasteiger partial charge >= 0.3 is 0 Å². The fraction of sp³-hybridized carbons (Fsp3) is 0.118. The van der Waals surface area contributed by atoms with Crippen LogP contribution in [0.25, 0.3) is 10.1 Å². The minimum Gasteiger partial charge on any atom is -0.492 e. The highest BCUT2D eigenvalue weighted by Gasteiger charge is 2.18. The van der Waals surface area contributed by atoms with E-state index in [1.165, 1.54) is 11.3 Å². The number of carbonyl (C=O) groups is 1. The number of hydrogen-bond acceptors (Lipinski definition) is 3. The van der Waals surface area contributed by atoms with Crippen LogP contribution in [0.4, 0.5) is 5.69 Å². The fourth-order valence-corrected chi connectivity index (χ4v) is 3.60. The molecule has 0 saturated carbocycles. The van der Waals surface area contributed by atoms with Crippen LogP contribution in [0, 0.1) is 0 Å². The van der Waals surface area contributed by atoms with Crippen molar-refractivity contribution in [3.63, 3.8) is 0 Å². The third kappa shape index (κ3) is 2.80. The van der Waals surface area contributed by atoms with Gasteiger partial charge in [-0.3, -0.25) is 4.79 Å². The molecule has 112 valence electrons. The van der Waals surface area contributed by atoms with Gasteiger partial charge in [-0.15, -0.1) is 11.3 Å². The van der Waals surface area contributed by atoms with Crippen molar-refractivity contribution in [1.29, 1.82) is 0 Å². The summed E-state index contributed by atoms with van der Waals surface area (Å²) in [5.41, 5.74) is 0.642. The number of hydrogen-bond donors (Lipinski definition) is 1. The van der Waals surface area contributed by atoms with Gasteiger partial charge in [0, 0.05) is 10.1 Å². The van der Waals surface area contributed by atoms with E-state index >= 15 is 0 Å². The number of rotatable bonds is 4. The molecule has 1 heterocycles. The molecule has 0 aliphatic carbocycles. The van der Waals surface area contributed by atoms with Crippen molar-refractivity contribution < 1.29 is 9.53 Å². The molecule has 0 unspecified atom stereocenters. The van der Waals surface area contributed by atoms with E-state index in [4.69, 9.17) is 16.3 Å². The minimum atomic E-state index is -0.224. The molecule has 0 aliphatic rings. The number of carbonyl (C=O) groups excluding carboxylic acids is 1. The van der Waals surface area contributed by atoms with Crippen LogP contribution in [0.2, 0.25) is 5.02 Å². The fourth-order valence-electron chi connectivity index (χ4n) is 2.19. The lowest BCUT2D eigenvalue weighted by atomic mass is 10.2. The summed E-state index contributed by atoms with van der Waals surface area (Å²) < 4.78 is 6.51. The molecule has 1 N–H and O–H groups in total. The molecule has 0 atom stereocenters. The molecule has 3 aromatic rings. The van der Waals surface area contributed by atoms with Crippen molar-refractivity contribution in [3.8, 4) is 5.75 Å². The Hall–Kier alpha value is -2.04. The summed E-state index contributed by atoms with van der Waals surface area (Å²) in [6, 6.07) is 15.1. The highest BCUT2D eigenvalue weighted by atomic mass is 35.5. The monoisotopic (exact) mass is 331 g/mol. The predicted molar refractivity (Wildman–Crippen MR) is 92.4 cm³/mol. The third-order valence-corrected chi connectivity index (χ3v) is 4.85. The van der Waals surface area contributed by atoms with E-state index in [-0.39, 0.29) is 5.91 Å². The summed E-state index contributed by atoms with van der Waals surface area (Å²) >= 11 is 7.72. The topological polar surface area (TPSA) is 38.3 Å². The van der Waals surface area contributed by atoms with Gasteiger partial charge in [0.15, 0.2) is 0 Å². The van der Waals surface area contributed by atoms with E-state index in [1.54, 1.807) is 0 Å². The molecule has 0 spiro atoms. The van der Waals surface area contributed by atoms with Gasteiger partial charge in [0.2, 0.25) is 0 Å². The lowest BCUT2D eigenvalue weighted by molar-refractivity contribution is 0.103. The first kappa shape index (κ1) is 14.9. The maximum absolute atomic E-state index is 12.5. The Balaban J connectivity index is 1.92. The smallest absolute Gasteiger partial charge is 0.267 e. The average Bonchev–Trinajstić information content (AvgIpc) is 2.87. The van der Waals surface area contributed by atoms with Crippen LogP contribution in [0.15, 0.2) is 48.5 Å². The molecule has 22 heavy (non-hydrogen) atoms. The lowest BCUT2D eigenvalue weighted by Gasteiger charge is -2.10. The van der Waals surface area contributed by atoms with Crippen molar-refractivity contribution in [3.05, 3.63) is 58.4 Å². The maximum atomic E-state index is 12.5. The number of anilines is 1. The molecule has 0 saturated heterocycles. The first-order valence-electron chi connectivity index (χ1n) is 6.91. The van der Waals surface area contributed by atoms with E-state index in [9.17, 15) is 4.79 Å². The first-order valence-corrected chi connectivity index (χ1v) is 8.10. The van der Waals surface area contributed by atoms with Crippen molar-refractivity contribution >= 4 is 44.6 Å². The van der Waals surface area contributed by atoms with Crippen LogP contribution in [0.3, 0.4) is 0 Å². The predicted octanol–water partition coefficient (Wildman–Crippen LogP) is 5.21. The van der Waals surface area contributed by atoms with E-state index in [2.05, 4.69) is 5.32 Å². The standard InChI is InChI=1S/C17H14ClNO2S/c1-2-21-13-9-5-4-8-12(13)19-17(20)16-15(18)11-7-3-6-10-14(11)22-16/h3-10H,2H2,1H3,(H,19,20). The first-order chi connectivity index (χ1) is 10.7. The van der Waals surface area contributed by atoms with Crippen LogP contribution in [0.5, 0.6) is 5.75 Å². The van der Waals surface area contributed by atoms with E-state index in [1.807, 2.05) is 55.5 Å². The van der Waals surface area contributed by atoms with Crippen molar-refractivity contribution in [2.75, 3.05) is 11.9 Å². The molecule has 1 amide bonds. The zero-order chi connectivity index (χ0) is 15.5. The van der Waals surface area contributed by atoms with E-state index in [0.29, 0.717) is 27.9 Å². The zero-order valence-corrected chi connectivity index (χ0v) is 13.5. The highest BCUT2D eigenvalue weighted by molar-refractivity contribution is 7.21. The van der Waals surface area contributed by atoms with Gasteiger partial charge in [0.1, 0.15) is 10.6 Å². The number of fused-ring (bicyclic) bond motifs is 1. The van der Waals surface area contributed by atoms with Gasteiger partial charge in [-0.2, -0.15) is 0 Å². The number of halogens is 1. The second-order valence-electron chi connectivity index (χ2n) is 4.62. The zero-order valence-electron chi connectivity index (χ0n) is 11.9. The van der Waals surface area contributed by atoms with Crippen LogP contribution in [-0.2, 0) is 0 Å². The number of nitrogens with one attached hydrogen (secondary N) is 1. The number of thiophene rings is 1.